The van der Waals surface area contributed by atoms with E-state index >= 15 is 0 Å². The van der Waals surface area contributed by atoms with Gasteiger partial charge in [0.05, 0.1) is 5.69 Å². The van der Waals surface area contributed by atoms with Gasteiger partial charge in [-0.05, 0) is 97.9 Å². The number of anilines is 3. The van der Waals surface area contributed by atoms with Crippen LogP contribution in [0.2, 0.25) is 0 Å². The van der Waals surface area contributed by atoms with Gasteiger partial charge in [-0.15, -0.1) is 11.3 Å². The molecule has 1 heterocycles. The highest BCUT2D eigenvalue weighted by Gasteiger charge is 2.18. The van der Waals surface area contributed by atoms with E-state index in [4.69, 9.17) is 0 Å². The van der Waals surface area contributed by atoms with Crippen molar-refractivity contribution >= 4 is 70.1 Å². The summed E-state index contributed by atoms with van der Waals surface area (Å²) in [6.07, 6.45) is 0. The van der Waals surface area contributed by atoms with Crippen molar-refractivity contribution in [2.75, 3.05) is 4.90 Å². The highest BCUT2D eigenvalue weighted by molar-refractivity contribution is 7.26. The first kappa shape index (κ1) is 30.4. The van der Waals surface area contributed by atoms with Crippen molar-refractivity contribution in [1.29, 1.82) is 0 Å². The van der Waals surface area contributed by atoms with Gasteiger partial charge in [-0.25, -0.2) is 0 Å². The summed E-state index contributed by atoms with van der Waals surface area (Å²) in [7, 11) is 0. The maximum atomic E-state index is 2.39. The van der Waals surface area contributed by atoms with Crippen molar-refractivity contribution in [3.8, 4) is 33.4 Å². The zero-order valence-electron chi connectivity index (χ0n) is 28.4. The largest absolute Gasteiger partial charge is 0.310 e. The lowest BCUT2D eigenvalue weighted by Crippen LogP contribution is -2.11. The summed E-state index contributed by atoms with van der Waals surface area (Å²) in [5.74, 6) is 0. The molecule has 10 rings (SSSR count). The van der Waals surface area contributed by atoms with E-state index in [2.05, 4.69) is 205 Å². The summed E-state index contributed by atoms with van der Waals surface area (Å²) in [6, 6.07) is 72.9. The van der Waals surface area contributed by atoms with Gasteiger partial charge >= 0.3 is 0 Å². The predicted octanol–water partition coefficient (Wildman–Crippen LogP) is 14.8. The summed E-state index contributed by atoms with van der Waals surface area (Å²) < 4.78 is 2.67. The molecule has 0 N–H and O–H groups in total. The quantitative estimate of drug-likeness (QED) is 0.169. The Bertz CT molecular complexity index is 2890. The van der Waals surface area contributed by atoms with E-state index < -0.39 is 0 Å². The Morgan fingerprint density at radius 1 is 0.327 bits per heavy atom. The summed E-state index contributed by atoms with van der Waals surface area (Å²) >= 11 is 1.87. The third-order valence-electron chi connectivity index (χ3n) is 10.3. The van der Waals surface area contributed by atoms with Gasteiger partial charge in [-0.3, -0.25) is 0 Å². The van der Waals surface area contributed by atoms with Crippen LogP contribution in [0.1, 0.15) is 0 Å². The fourth-order valence-electron chi connectivity index (χ4n) is 7.75. The Morgan fingerprint density at radius 2 is 0.942 bits per heavy atom. The van der Waals surface area contributed by atoms with Crippen LogP contribution in [0.15, 0.2) is 200 Å². The van der Waals surface area contributed by atoms with Crippen LogP contribution in [0, 0.1) is 0 Å². The molecule has 0 unspecified atom stereocenters. The van der Waals surface area contributed by atoms with Crippen molar-refractivity contribution in [3.05, 3.63) is 200 Å². The normalized spacial score (nSPS) is 11.5. The number of nitrogens with zero attached hydrogens (tertiary/aromatic N) is 1. The van der Waals surface area contributed by atoms with Crippen LogP contribution >= 0.6 is 11.3 Å². The highest BCUT2D eigenvalue weighted by atomic mass is 32.1. The standard InChI is InChI=1S/C50H33NS/c1-2-12-36(13-3-1)43-15-6-8-19-47(43)51(40-27-23-35(24-28-40)39-22-21-34-11-4-5-14-38(34)33-39)41-29-25-37(26-30-41)42-17-10-18-45-44(42)31-32-49-50(45)46-16-7-9-20-48(46)52-49/h1-33H. The van der Waals surface area contributed by atoms with Gasteiger partial charge in [0, 0.05) is 37.1 Å². The topological polar surface area (TPSA) is 3.24 Å². The van der Waals surface area contributed by atoms with E-state index in [9.17, 15) is 0 Å². The van der Waals surface area contributed by atoms with Crippen LogP contribution in [-0.2, 0) is 0 Å². The van der Waals surface area contributed by atoms with Crippen molar-refractivity contribution in [2.24, 2.45) is 0 Å². The molecule has 0 bridgehead atoms. The average Bonchev–Trinajstić information content (AvgIpc) is 3.61. The first-order valence-electron chi connectivity index (χ1n) is 17.8. The van der Waals surface area contributed by atoms with E-state index in [1.54, 1.807) is 0 Å². The summed E-state index contributed by atoms with van der Waals surface area (Å²) in [6.45, 7) is 0. The Hall–Kier alpha value is -6.48. The SMILES string of the molecule is c1ccc(-c2ccccc2N(c2ccc(-c3ccc4ccccc4c3)cc2)c2ccc(-c3cccc4c3ccc3sc5ccccc5c34)cc2)cc1. The molecule has 9 aromatic carbocycles. The highest BCUT2D eigenvalue weighted by Crippen LogP contribution is 2.44. The van der Waals surface area contributed by atoms with Crippen LogP contribution in [0.3, 0.4) is 0 Å². The molecule has 0 saturated heterocycles. The molecule has 0 aliphatic rings. The first-order valence-corrected chi connectivity index (χ1v) is 18.6. The molecule has 0 radical (unpaired) electrons. The van der Waals surface area contributed by atoms with Crippen LogP contribution in [0.5, 0.6) is 0 Å². The molecule has 0 aliphatic heterocycles. The zero-order valence-corrected chi connectivity index (χ0v) is 29.2. The molecule has 0 fully saturated rings. The maximum Gasteiger partial charge on any atom is 0.0540 e. The zero-order chi connectivity index (χ0) is 34.4. The van der Waals surface area contributed by atoms with E-state index in [-0.39, 0.29) is 0 Å². The molecule has 0 amide bonds. The van der Waals surface area contributed by atoms with Gasteiger partial charge in [0.2, 0.25) is 0 Å². The van der Waals surface area contributed by atoms with E-state index in [0.29, 0.717) is 0 Å². The average molecular weight is 680 g/mol. The van der Waals surface area contributed by atoms with E-state index in [1.165, 1.54) is 75.1 Å². The molecule has 10 aromatic rings. The van der Waals surface area contributed by atoms with Gasteiger partial charge in [0.25, 0.3) is 0 Å². The third-order valence-corrected chi connectivity index (χ3v) is 11.4. The predicted molar refractivity (Wildman–Crippen MR) is 225 cm³/mol. The lowest BCUT2D eigenvalue weighted by atomic mass is 9.95. The Labute approximate surface area is 307 Å². The molecule has 0 atom stereocenters. The minimum Gasteiger partial charge on any atom is -0.310 e. The Morgan fingerprint density at radius 3 is 1.77 bits per heavy atom. The second kappa shape index (κ2) is 12.7. The second-order valence-electron chi connectivity index (χ2n) is 13.3. The molecule has 0 aliphatic carbocycles. The van der Waals surface area contributed by atoms with Crippen LogP contribution in [0.25, 0.3) is 75.1 Å². The number of thiophene rings is 1. The van der Waals surface area contributed by atoms with Crippen LogP contribution < -0.4 is 4.90 Å². The third kappa shape index (κ3) is 5.24. The fraction of sp³-hybridized carbons (Fsp3) is 0. The van der Waals surface area contributed by atoms with Gasteiger partial charge < -0.3 is 4.90 Å². The summed E-state index contributed by atoms with van der Waals surface area (Å²) in [5, 5.41) is 7.78. The first-order chi connectivity index (χ1) is 25.8. The molecular formula is C50H33NS. The molecule has 1 aromatic heterocycles. The molecule has 2 heteroatoms. The van der Waals surface area contributed by atoms with E-state index in [0.717, 1.165) is 17.1 Å². The minimum absolute atomic E-state index is 1.11. The van der Waals surface area contributed by atoms with Crippen molar-refractivity contribution in [1.82, 2.24) is 0 Å². The fourth-order valence-corrected chi connectivity index (χ4v) is 8.87. The molecule has 0 spiro atoms. The summed E-state index contributed by atoms with van der Waals surface area (Å²) in [4.78, 5) is 2.39. The maximum absolute atomic E-state index is 2.39. The minimum atomic E-state index is 1.11. The van der Waals surface area contributed by atoms with E-state index in [1.807, 2.05) is 11.3 Å². The van der Waals surface area contributed by atoms with Crippen LogP contribution in [-0.4, -0.2) is 0 Å². The van der Waals surface area contributed by atoms with Gasteiger partial charge in [-0.1, -0.05) is 152 Å². The van der Waals surface area contributed by atoms with Crippen LogP contribution in [0.4, 0.5) is 17.1 Å². The van der Waals surface area contributed by atoms with Gasteiger partial charge in [-0.2, -0.15) is 0 Å². The van der Waals surface area contributed by atoms with Crippen molar-refractivity contribution in [2.45, 2.75) is 0 Å². The number of benzene rings is 9. The number of hydrogen-bond donors (Lipinski definition) is 0. The van der Waals surface area contributed by atoms with Gasteiger partial charge in [0.15, 0.2) is 0 Å². The molecular weight excluding hydrogens is 647 g/mol. The molecule has 0 saturated carbocycles. The van der Waals surface area contributed by atoms with Crippen molar-refractivity contribution < 1.29 is 0 Å². The Kier molecular flexibility index (Phi) is 7.41. The molecule has 1 nitrogen and oxygen atoms in total. The monoisotopic (exact) mass is 679 g/mol. The second-order valence-corrected chi connectivity index (χ2v) is 14.4. The smallest absolute Gasteiger partial charge is 0.0540 e. The molecule has 52 heavy (non-hydrogen) atoms. The van der Waals surface area contributed by atoms with Crippen molar-refractivity contribution in [3.63, 3.8) is 0 Å². The molecule has 244 valence electrons. The van der Waals surface area contributed by atoms with Gasteiger partial charge in [0.1, 0.15) is 0 Å². The number of rotatable bonds is 6. The number of para-hydroxylation sites is 1. The number of hydrogen-bond acceptors (Lipinski definition) is 2. The lowest BCUT2D eigenvalue weighted by Gasteiger charge is -2.28. The lowest BCUT2D eigenvalue weighted by molar-refractivity contribution is 1.28. The number of fused-ring (bicyclic) bond motifs is 6. The Balaban J connectivity index is 1.08. The summed E-state index contributed by atoms with van der Waals surface area (Å²) in [5.41, 5.74) is 10.6.